The van der Waals surface area contributed by atoms with Crippen LogP contribution in [0.3, 0.4) is 0 Å². The Labute approximate surface area is 159 Å². The maximum absolute atomic E-state index is 13.9. The molecule has 27 heavy (non-hydrogen) atoms. The highest BCUT2D eigenvalue weighted by atomic mass is 32.2. The normalized spacial score (nSPS) is 17.4. The number of sulfonamides is 1. The molecule has 1 atom stereocenters. The molecular formula is C16H17FN4O4S2. The number of halogens is 1. The fraction of sp³-hybridized carbons (Fsp3) is 0.250. The van der Waals surface area contributed by atoms with Crippen molar-refractivity contribution < 1.29 is 22.4 Å². The van der Waals surface area contributed by atoms with Crippen LogP contribution in [-0.2, 0) is 10.0 Å². The highest BCUT2D eigenvalue weighted by Crippen LogP contribution is 2.26. The van der Waals surface area contributed by atoms with Gasteiger partial charge in [0.1, 0.15) is 10.7 Å². The number of carbonyl (C=O) groups excluding carboxylic acids is 2. The van der Waals surface area contributed by atoms with Gasteiger partial charge in [0.05, 0.1) is 11.0 Å². The zero-order valence-electron chi connectivity index (χ0n) is 14.0. The molecule has 0 spiro atoms. The molecule has 1 aliphatic heterocycles. The van der Waals surface area contributed by atoms with E-state index in [4.69, 9.17) is 0 Å². The zero-order chi connectivity index (χ0) is 19.4. The maximum Gasteiger partial charge on any atom is 0.334 e. The molecule has 8 nitrogen and oxygen atoms in total. The molecule has 1 saturated heterocycles. The Kier molecular flexibility index (Phi) is 5.73. The lowest BCUT2D eigenvalue weighted by Crippen LogP contribution is -2.54. The van der Waals surface area contributed by atoms with Gasteiger partial charge in [-0.3, -0.25) is 10.2 Å². The van der Waals surface area contributed by atoms with Crippen molar-refractivity contribution in [1.82, 2.24) is 20.5 Å². The van der Waals surface area contributed by atoms with Gasteiger partial charge in [0.2, 0.25) is 10.0 Å². The molecule has 3 N–H and O–H groups in total. The molecule has 1 aromatic carbocycles. The quantitative estimate of drug-likeness (QED) is 0.664. The predicted molar refractivity (Wildman–Crippen MR) is 96.8 cm³/mol. The summed E-state index contributed by atoms with van der Waals surface area (Å²) in [4.78, 5) is 23.8. The minimum absolute atomic E-state index is 0.156. The van der Waals surface area contributed by atoms with Crippen LogP contribution in [0.15, 0.2) is 46.7 Å². The first-order valence-corrected chi connectivity index (χ1v) is 10.4. The first-order valence-electron chi connectivity index (χ1n) is 8.06. The second-order valence-corrected chi connectivity index (χ2v) is 8.54. The Morgan fingerprint density at radius 1 is 1.15 bits per heavy atom. The number of carbonyl (C=O) groups is 2. The van der Waals surface area contributed by atoms with Gasteiger partial charge in [-0.25, -0.2) is 23.0 Å². The first-order chi connectivity index (χ1) is 12.9. The van der Waals surface area contributed by atoms with E-state index < -0.39 is 38.8 Å². The van der Waals surface area contributed by atoms with Crippen LogP contribution in [0.2, 0.25) is 0 Å². The number of benzene rings is 1. The van der Waals surface area contributed by atoms with E-state index in [1.54, 1.807) is 17.5 Å². The molecule has 0 radical (unpaired) electrons. The van der Waals surface area contributed by atoms with Crippen LogP contribution in [0.25, 0.3) is 0 Å². The Bertz CT molecular complexity index is 934. The summed E-state index contributed by atoms with van der Waals surface area (Å²) in [5, 5.41) is 4.21. The lowest BCUT2D eigenvalue weighted by molar-refractivity contribution is 0.0939. The van der Waals surface area contributed by atoms with E-state index in [0.29, 0.717) is 17.7 Å². The number of nitrogens with zero attached hydrogens (tertiary/aromatic N) is 1. The molecule has 0 bridgehead atoms. The average molecular weight is 412 g/mol. The fourth-order valence-electron chi connectivity index (χ4n) is 2.72. The smallest absolute Gasteiger partial charge is 0.320 e. The van der Waals surface area contributed by atoms with E-state index in [0.717, 1.165) is 10.4 Å². The number of hydrogen-bond donors (Lipinski definition) is 3. The van der Waals surface area contributed by atoms with Gasteiger partial charge in [-0.05, 0) is 36.4 Å². The SMILES string of the molecule is O=C(NNC(=O)c1cccs1)NC1CCCN1S(=O)(=O)c1ccccc1F. The zero-order valence-corrected chi connectivity index (χ0v) is 15.6. The van der Waals surface area contributed by atoms with Gasteiger partial charge in [-0.15, -0.1) is 11.3 Å². The van der Waals surface area contributed by atoms with Crippen LogP contribution in [0.4, 0.5) is 9.18 Å². The van der Waals surface area contributed by atoms with Gasteiger partial charge >= 0.3 is 6.03 Å². The highest BCUT2D eigenvalue weighted by Gasteiger charge is 2.37. The van der Waals surface area contributed by atoms with E-state index >= 15 is 0 Å². The minimum atomic E-state index is -4.10. The van der Waals surface area contributed by atoms with Crippen LogP contribution in [0, 0.1) is 5.82 Å². The molecule has 3 amide bonds. The standard InChI is InChI=1S/C16H17FN4O4S2/c17-11-5-1-2-7-13(11)27(24,25)21-9-3-8-14(21)18-16(23)20-19-15(22)12-6-4-10-26-12/h1-2,4-7,10,14H,3,8-9H2,(H,19,22)(H2,18,20,23). The van der Waals surface area contributed by atoms with Gasteiger partial charge in [0, 0.05) is 6.54 Å². The van der Waals surface area contributed by atoms with Crippen molar-refractivity contribution in [3.8, 4) is 0 Å². The van der Waals surface area contributed by atoms with E-state index in [1.807, 2.05) is 0 Å². The Morgan fingerprint density at radius 2 is 1.93 bits per heavy atom. The molecule has 3 rings (SSSR count). The summed E-state index contributed by atoms with van der Waals surface area (Å²) >= 11 is 1.21. The number of nitrogens with one attached hydrogen (secondary N) is 3. The van der Waals surface area contributed by atoms with Crippen LogP contribution in [-0.4, -0.2) is 37.4 Å². The predicted octanol–water partition coefficient (Wildman–Crippen LogP) is 1.64. The average Bonchev–Trinajstić information content (AvgIpc) is 3.32. The summed E-state index contributed by atoms with van der Waals surface area (Å²) in [6, 6.07) is 7.61. The molecule has 0 aliphatic carbocycles. The van der Waals surface area contributed by atoms with E-state index in [9.17, 15) is 22.4 Å². The summed E-state index contributed by atoms with van der Waals surface area (Å²) < 4.78 is 40.4. The lowest BCUT2D eigenvalue weighted by Gasteiger charge is -2.25. The highest BCUT2D eigenvalue weighted by molar-refractivity contribution is 7.89. The molecule has 2 heterocycles. The van der Waals surface area contributed by atoms with Gasteiger partial charge in [-0.2, -0.15) is 4.31 Å². The van der Waals surface area contributed by atoms with Gasteiger partial charge in [0.15, 0.2) is 0 Å². The fourth-order valence-corrected chi connectivity index (χ4v) is 5.02. The lowest BCUT2D eigenvalue weighted by atomic mass is 10.3. The Morgan fingerprint density at radius 3 is 2.63 bits per heavy atom. The minimum Gasteiger partial charge on any atom is -0.320 e. The van der Waals surface area contributed by atoms with Crippen molar-refractivity contribution in [3.05, 3.63) is 52.5 Å². The summed E-state index contributed by atoms with van der Waals surface area (Å²) in [7, 11) is -4.10. The number of hydrazine groups is 1. The van der Waals surface area contributed by atoms with Crippen molar-refractivity contribution in [2.45, 2.75) is 23.9 Å². The van der Waals surface area contributed by atoms with Crippen molar-refractivity contribution >= 4 is 33.3 Å². The molecule has 11 heteroatoms. The largest absolute Gasteiger partial charge is 0.334 e. The van der Waals surface area contributed by atoms with E-state index in [2.05, 4.69) is 16.2 Å². The van der Waals surface area contributed by atoms with E-state index in [1.165, 1.54) is 29.5 Å². The first kappa shape index (κ1) is 19.3. The summed E-state index contributed by atoms with van der Waals surface area (Å²) in [6.45, 7) is 0.156. The topological polar surface area (TPSA) is 108 Å². The van der Waals surface area contributed by atoms with Crippen LogP contribution in [0.5, 0.6) is 0 Å². The second kappa shape index (κ2) is 8.03. The molecule has 2 aromatic rings. The van der Waals surface area contributed by atoms with Crippen molar-refractivity contribution in [2.24, 2.45) is 0 Å². The maximum atomic E-state index is 13.9. The van der Waals surface area contributed by atoms with Gasteiger partial charge < -0.3 is 5.32 Å². The van der Waals surface area contributed by atoms with Crippen molar-refractivity contribution in [2.75, 3.05) is 6.54 Å². The molecular weight excluding hydrogens is 395 g/mol. The number of urea groups is 1. The molecule has 1 unspecified atom stereocenters. The summed E-state index contributed by atoms with van der Waals surface area (Å²) in [6.07, 6.45) is 0.0495. The van der Waals surface area contributed by atoms with Crippen LogP contribution < -0.4 is 16.2 Å². The third-order valence-corrected chi connectivity index (χ3v) is 6.77. The molecule has 1 aliphatic rings. The number of rotatable bonds is 4. The Balaban J connectivity index is 1.63. The number of thiophene rings is 1. The van der Waals surface area contributed by atoms with Crippen LogP contribution >= 0.6 is 11.3 Å². The number of amides is 3. The van der Waals surface area contributed by atoms with Crippen molar-refractivity contribution in [1.29, 1.82) is 0 Å². The molecule has 144 valence electrons. The molecule has 1 aromatic heterocycles. The van der Waals surface area contributed by atoms with Crippen LogP contribution in [0.1, 0.15) is 22.5 Å². The molecule has 0 saturated carbocycles. The third-order valence-electron chi connectivity index (χ3n) is 3.96. The van der Waals surface area contributed by atoms with Gasteiger partial charge in [0.25, 0.3) is 5.91 Å². The second-order valence-electron chi connectivity index (χ2n) is 5.73. The summed E-state index contributed by atoms with van der Waals surface area (Å²) in [5.74, 6) is -1.33. The molecule has 1 fully saturated rings. The third kappa shape index (κ3) is 4.26. The van der Waals surface area contributed by atoms with Crippen molar-refractivity contribution in [3.63, 3.8) is 0 Å². The summed E-state index contributed by atoms with van der Waals surface area (Å²) in [5.41, 5.74) is 4.42. The monoisotopic (exact) mass is 412 g/mol. The number of hydrogen-bond acceptors (Lipinski definition) is 5. The van der Waals surface area contributed by atoms with E-state index in [-0.39, 0.29) is 6.54 Å². The Hall–Kier alpha value is -2.50. The van der Waals surface area contributed by atoms with Gasteiger partial charge in [-0.1, -0.05) is 18.2 Å².